The summed E-state index contributed by atoms with van der Waals surface area (Å²) in [7, 11) is 0. The van der Waals surface area contributed by atoms with Crippen LogP contribution >= 0.6 is 0 Å². The lowest BCUT2D eigenvalue weighted by Gasteiger charge is -2.12. The second-order valence-corrected chi connectivity index (χ2v) is 3.51. The first-order valence-corrected chi connectivity index (χ1v) is 4.84. The molecule has 3 heteroatoms. The van der Waals surface area contributed by atoms with Gasteiger partial charge in [0.1, 0.15) is 11.6 Å². The van der Waals surface area contributed by atoms with Gasteiger partial charge in [-0.1, -0.05) is 19.1 Å². The van der Waals surface area contributed by atoms with Gasteiger partial charge in [-0.25, -0.2) is 0 Å². The maximum absolute atomic E-state index is 9.16. The van der Waals surface area contributed by atoms with Crippen molar-refractivity contribution < 1.29 is 5.11 Å². The lowest BCUT2D eigenvalue weighted by atomic mass is 10.00. The fourth-order valence-corrected chi connectivity index (χ4v) is 1.63. The topological polar surface area (TPSA) is 44.6 Å². The van der Waals surface area contributed by atoms with Crippen molar-refractivity contribution in [3.8, 4) is 5.75 Å². The first-order valence-electron chi connectivity index (χ1n) is 4.84. The highest BCUT2D eigenvalue weighted by Gasteiger charge is 2.15. The zero-order chi connectivity index (χ0) is 9.97. The highest BCUT2D eigenvalue weighted by atomic mass is 16.3. The van der Waals surface area contributed by atoms with E-state index in [1.165, 1.54) is 5.56 Å². The molecule has 2 rings (SSSR count). The number of aromatic hydroxyl groups is 1. The van der Waals surface area contributed by atoms with Gasteiger partial charge in [-0.3, -0.25) is 4.99 Å². The third-order valence-electron chi connectivity index (χ3n) is 2.50. The number of aliphatic imine (C=N–C) groups is 1. The van der Waals surface area contributed by atoms with Crippen LogP contribution in [0.15, 0.2) is 29.3 Å². The summed E-state index contributed by atoms with van der Waals surface area (Å²) in [5.74, 6) is 1.65. The smallest absolute Gasteiger partial charge is 0.115 e. The molecule has 0 radical (unpaired) electrons. The second-order valence-electron chi connectivity index (χ2n) is 3.51. The van der Waals surface area contributed by atoms with Gasteiger partial charge < -0.3 is 10.4 Å². The molecule has 0 aliphatic carbocycles. The number of hydrogen-bond acceptors (Lipinski definition) is 3. The number of rotatable bonds is 2. The van der Waals surface area contributed by atoms with Gasteiger partial charge in [-0.05, 0) is 17.7 Å². The van der Waals surface area contributed by atoms with E-state index in [-0.39, 0.29) is 5.92 Å². The molecule has 0 saturated heterocycles. The molecule has 1 aliphatic rings. The molecule has 0 aromatic heterocycles. The monoisotopic (exact) mass is 190 g/mol. The van der Waals surface area contributed by atoms with Gasteiger partial charge in [0.05, 0.1) is 6.54 Å². The van der Waals surface area contributed by atoms with Crippen LogP contribution in [0.1, 0.15) is 18.4 Å². The van der Waals surface area contributed by atoms with Crippen LogP contribution in [0.5, 0.6) is 5.75 Å². The summed E-state index contributed by atoms with van der Waals surface area (Å²) in [6.45, 7) is 3.93. The van der Waals surface area contributed by atoms with Crippen molar-refractivity contribution >= 4 is 5.84 Å². The van der Waals surface area contributed by atoms with Crippen molar-refractivity contribution in [3.05, 3.63) is 29.8 Å². The number of nitrogens with zero attached hydrogens (tertiary/aromatic N) is 1. The average molecular weight is 190 g/mol. The molecular formula is C11H14N2O. The van der Waals surface area contributed by atoms with Gasteiger partial charge in [0.15, 0.2) is 0 Å². The van der Waals surface area contributed by atoms with Crippen molar-refractivity contribution in [1.82, 2.24) is 5.32 Å². The number of benzene rings is 1. The van der Waals surface area contributed by atoms with E-state index in [1.807, 2.05) is 12.1 Å². The number of phenols is 1. The number of amidine groups is 1. The third kappa shape index (κ3) is 1.71. The summed E-state index contributed by atoms with van der Waals surface area (Å²) in [5, 5.41) is 12.4. The molecule has 0 saturated carbocycles. The second kappa shape index (κ2) is 3.70. The molecule has 1 aromatic rings. The molecule has 0 amide bonds. The van der Waals surface area contributed by atoms with E-state index in [1.54, 1.807) is 12.1 Å². The summed E-state index contributed by atoms with van der Waals surface area (Å²) >= 11 is 0. The van der Waals surface area contributed by atoms with Gasteiger partial charge >= 0.3 is 0 Å². The molecule has 2 N–H and O–H groups in total. The minimum Gasteiger partial charge on any atom is -0.508 e. The molecule has 1 atom stereocenters. The van der Waals surface area contributed by atoms with E-state index in [0.717, 1.165) is 18.9 Å². The fourth-order valence-electron chi connectivity index (χ4n) is 1.63. The quantitative estimate of drug-likeness (QED) is 0.742. The maximum atomic E-state index is 9.16. The van der Waals surface area contributed by atoms with E-state index in [0.29, 0.717) is 5.75 Å². The van der Waals surface area contributed by atoms with Crippen LogP contribution in [-0.2, 0) is 0 Å². The molecule has 3 nitrogen and oxygen atoms in total. The summed E-state index contributed by atoms with van der Waals surface area (Å²) in [6, 6.07) is 7.29. The summed E-state index contributed by atoms with van der Waals surface area (Å²) < 4.78 is 0. The Kier molecular flexibility index (Phi) is 2.39. The maximum Gasteiger partial charge on any atom is 0.115 e. The molecule has 1 unspecified atom stereocenters. The lowest BCUT2D eigenvalue weighted by molar-refractivity contribution is 0.475. The predicted octanol–water partition coefficient (Wildman–Crippen LogP) is 1.50. The lowest BCUT2D eigenvalue weighted by Crippen LogP contribution is -2.23. The summed E-state index contributed by atoms with van der Waals surface area (Å²) in [6.07, 6.45) is 0. The largest absolute Gasteiger partial charge is 0.508 e. The van der Waals surface area contributed by atoms with Crippen LogP contribution in [-0.4, -0.2) is 24.0 Å². The normalized spacial score (nSPS) is 17.4. The molecule has 0 spiro atoms. The first-order chi connectivity index (χ1) is 6.77. The van der Waals surface area contributed by atoms with Crippen molar-refractivity contribution in [3.63, 3.8) is 0 Å². The highest BCUT2D eigenvalue weighted by Crippen LogP contribution is 2.19. The SMILES string of the molecule is CC(C1=NCCN1)c1ccc(O)cc1. The van der Waals surface area contributed by atoms with E-state index in [2.05, 4.69) is 17.2 Å². The minimum atomic E-state index is 0.290. The predicted molar refractivity (Wildman–Crippen MR) is 56.8 cm³/mol. The highest BCUT2D eigenvalue weighted by molar-refractivity contribution is 5.89. The molecule has 1 aliphatic heterocycles. The van der Waals surface area contributed by atoms with Crippen LogP contribution in [0.4, 0.5) is 0 Å². The summed E-state index contributed by atoms with van der Waals surface area (Å²) in [5.41, 5.74) is 1.18. The van der Waals surface area contributed by atoms with E-state index in [4.69, 9.17) is 5.11 Å². The molecule has 0 bridgehead atoms. The number of phenolic OH excluding ortho intramolecular Hbond substituents is 1. The Bertz CT molecular complexity index is 343. The van der Waals surface area contributed by atoms with Crippen molar-refractivity contribution in [1.29, 1.82) is 0 Å². The first kappa shape index (κ1) is 9.06. The van der Waals surface area contributed by atoms with E-state index >= 15 is 0 Å². The minimum absolute atomic E-state index is 0.290. The van der Waals surface area contributed by atoms with Gasteiger partial charge in [-0.15, -0.1) is 0 Å². The number of hydrogen-bond donors (Lipinski definition) is 2. The standard InChI is InChI=1S/C11H14N2O/c1-8(11-12-6-7-13-11)9-2-4-10(14)5-3-9/h2-5,8,14H,6-7H2,1H3,(H,12,13). The zero-order valence-electron chi connectivity index (χ0n) is 8.20. The Labute approximate surface area is 83.5 Å². The molecular weight excluding hydrogens is 176 g/mol. The molecule has 1 aromatic carbocycles. The Morgan fingerprint density at radius 2 is 2.07 bits per heavy atom. The molecule has 14 heavy (non-hydrogen) atoms. The average Bonchev–Trinajstić information content (AvgIpc) is 2.71. The van der Waals surface area contributed by atoms with Gasteiger partial charge in [0.25, 0.3) is 0 Å². The molecule has 74 valence electrons. The number of nitrogens with one attached hydrogen (secondary N) is 1. The third-order valence-corrected chi connectivity index (χ3v) is 2.50. The van der Waals surface area contributed by atoms with E-state index < -0.39 is 0 Å². The fraction of sp³-hybridized carbons (Fsp3) is 0.364. The molecule has 0 fully saturated rings. The van der Waals surface area contributed by atoms with Gasteiger partial charge in [0, 0.05) is 12.5 Å². The summed E-state index contributed by atoms with van der Waals surface area (Å²) in [4.78, 5) is 4.38. The van der Waals surface area contributed by atoms with Gasteiger partial charge in [-0.2, -0.15) is 0 Å². The van der Waals surface area contributed by atoms with Crippen LogP contribution in [0, 0.1) is 0 Å². The van der Waals surface area contributed by atoms with Crippen LogP contribution in [0.2, 0.25) is 0 Å². The van der Waals surface area contributed by atoms with Crippen molar-refractivity contribution in [2.24, 2.45) is 4.99 Å². The Balaban J connectivity index is 2.18. The Morgan fingerprint density at radius 1 is 1.36 bits per heavy atom. The Hall–Kier alpha value is -1.51. The van der Waals surface area contributed by atoms with Gasteiger partial charge in [0.2, 0.25) is 0 Å². The van der Waals surface area contributed by atoms with Crippen LogP contribution in [0.25, 0.3) is 0 Å². The van der Waals surface area contributed by atoms with Crippen molar-refractivity contribution in [2.45, 2.75) is 12.8 Å². The Morgan fingerprint density at radius 3 is 2.64 bits per heavy atom. The van der Waals surface area contributed by atoms with Crippen LogP contribution in [0.3, 0.4) is 0 Å². The van der Waals surface area contributed by atoms with Crippen molar-refractivity contribution in [2.75, 3.05) is 13.1 Å². The molecule has 1 heterocycles. The van der Waals surface area contributed by atoms with E-state index in [9.17, 15) is 0 Å². The van der Waals surface area contributed by atoms with Crippen LogP contribution < -0.4 is 5.32 Å². The zero-order valence-corrected chi connectivity index (χ0v) is 8.20.